The van der Waals surface area contributed by atoms with Crippen LogP contribution in [0, 0.1) is 5.41 Å². The summed E-state index contributed by atoms with van der Waals surface area (Å²) >= 11 is 0. The van der Waals surface area contributed by atoms with Crippen molar-refractivity contribution in [3.05, 3.63) is 35.8 Å². The Balaban J connectivity index is 3.04. The third kappa shape index (κ3) is 2.40. The standard InChI is InChI=1S/C10H14N4/c1-13-7-8(5-11)10-4-2-3-9(6-12)14-10/h2-5,7,11,13H,6,12H2,1H3/b8-7+,11-5?. The van der Waals surface area contributed by atoms with E-state index in [-0.39, 0.29) is 0 Å². The molecule has 0 saturated heterocycles. The number of nitrogens with zero attached hydrogens (tertiary/aromatic N) is 1. The molecule has 4 heteroatoms. The molecule has 0 atom stereocenters. The molecule has 0 aliphatic heterocycles. The molecule has 4 nitrogen and oxygen atoms in total. The van der Waals surface area contributed by atoms with Crippen LogP contribution in [0.3, 0.4) is 0 Å². The predicted octanol–water partition coefficient (Wildman–Crippen LogP) is 0.750. The third-order valence-corrected chi connectivity index (χ3v) is 1.77. The molecular weight excluding hydrogens is 176 g/mol. The summed E-state index contributed by atoms with van der Waals surface area (Å²) in [6.07, 6.45) is 2.99. The van der Waals surface area contributed by atoms with Gasteiger partial charge < -0.3 is 16.5 Å². The van der Waals surface area contributed by atoms with Gasteiger partial charge in [0.1, 0.15) is 0 Å². The highest BCUT2D eigenvalue weighted by Crippen LogP contribution is 2.08. The molecule has 0 amide bonds. The Bertz CT molecular complexity index is 344. The lowest BCUT2D eigenvalue weighted by Crippen LogP contribution is -2.03. The van der Waals surface area contributed by atoms with Crippen LogP contribution in [0.4, 0.5) is 0 Å². The van der Waals surface area contributed by atoms with Gasteiger partial charge >= 0.3 is 0 Å². The first-order valence-corrected chi connectivity index (χ1v) is 4.36. The second kappa shape index (κ2) is 5.14. The van der Waals surface area contributed by atoms with Gasteiger partial charge in [-0.3, -0.25) is 4.98 Å². The molecule has 0 aliphatic carbocycles. The number of nitrogens with two attached hydrogens (primary N) is 1. The fraction of sp³-hybridized carbons (Fsp3) is 0.200. The summed E-state index contributed by atoms with van der Waals surface area (Å²) in [7, 11) is 1.79. The fourth-order valence-electron chi connectivity index (χ4n) is 1.10. The highest BCUT2D eigenvalue weighted by molar-refractivity contribution is 6.07. The van der Waals surface area contributed by atoms with Crippen molar-refractivity contribution in [1.29, 1.82) is 5.41 Å². The van der Waals surface area contributed by atoms with Crippen LogP contribution >= 0.6 is 0 Å². The highest BCUT2D eigenvalue weighted by Gasteiger charge is 2.00. The van der Waals surface area contributed by atoms with E-state index in [2.05, 4.69) is 10.3 Å². The van der Waals surface area contributed by atoms with E-state index in [1.54, 1.807) is 13.2 Å². The van der Waals surface area contributed by atoms with Crippen molar-refractivity contribution in [2.75, 3.05) is 7.05 Å². The summed E-state index contributed by atoms with van der Waals surface area (Å²) in [5, 5.41) is 10.1. The van der Waals surface area contributed by atoms with E-state index in [1.165, 1.54) is 6.21 Å². The van der Waals surface area contributed by atoms with Gasteiger partial charge in [0.25, 0.3) is 0 Å². The first-order valence-electron chi connectivity index (χ1n) is 4.36. The minimum absolute atomic E-state index is 0.415. The monoisotopic (exact) mass is 190 g/mol. The van der Waals surface area contributed by atoms with Crippen LogP contribution in [-0.4, -0.2) is 18.2 Å². The van der Waals surface area contributed by atoms with Crippen molar-refractivity contribution in [3.63, 3.8) is 0 Å². The molecule has 1 rings (SSSR count). The Morgan fingerprint density at radius 1 is 1.64 bits per heavy atom. The molecule has 0 spiro atoms. The zero-order valence-electron chi connectivity index (χ0n) is 8.12. The number of rotatable bonds is 4. The number of allylic oxidation sites excluding steroid dienone is 1. The lowest BCUT2D eigenvalue weighted by Gasteiger charge is -2.02. The maximum atomic E-state index is 7.22. The maximum absolute atomic E-state index is 7.22. The van der Waals surface area contributed by atoms with Crippen LogP contribution in [0.25, 0.3) is 5.57 Å². The van der Waals surface area contributed by atoms with Gasteiger partial charge in [0.2, 0.25) is 0 Å². The number of hydrogen-bond acceptors (Lipinski definition) is 4. The van der Waals surface area contributed by atoms with Gasteiger partial charge in [-0.25, -0.2) is 0 Å². The predicted molar refractivity (Wildman–Crippen MR) is 57.9 cm³/mol. The lowest BCUT2D eigenvalue weighted by molar-refractivity contribution is 0.982. The number of aromatic nitrogens is 1. The van der Waals surface area contributed by atoms with Crippen molar-refractivity contribution in [2.24, 2.45) is 5.73 Å². The molecule has 0 aromatic carbocycles. The van der Waals surface area contributed by atoms with E-state index in [0.717, 1.165) is 17.0 Å². The molecule has 0 unspecified atom stereocenters. The summed E-state index contributed by atoms with van der Waals surface area (Å²) < 4.78 is 0. The Labute approximate surface area is 83.4 Å². The second-order valence-electron chi connectivity index (χ2n) is 2.75. The summed E-state index contributed by atoms with van der Waals surface area (Å²) in [6.45, 7) is 0.415. The number of hydrogen-bond donors (Lipinski definition) is 3. The Kier molecular flexibility index (Phi) is 3.82. The molecule has 0 bridgehead atoms. The Hall–Kier alpha value is -1.68. The second-order valence-corrected chi connectivity index (χ2v) is 2.75. The average molecular weight is 190 g/mol. The van der Waals surface area contributed by atoms with E-state index in [4.69, 9.17) is 11.1 Å². The Morgan fingerprint density at radius 3 is 3.00 bits per heavy atom. The van der Waals surface area contributed by atoms with E-state index in [0.29, 0.717) is 6.54 Å². The summed E-state index contributed by atoms with van der Waals surface area (Å²) in [5.74, 6) is 0. The molecular formula is C10H14N4. The average Bonchev–Trinajstić information content (AvgIpc) is 2.26. The van der Waals surface area contributed by atoms with E-state index in [9.17, 15) is 0 Å². The van der Waals surface area contributed by atoms with E-state index in [1.807, 2.05) is 18.2 Å². The van der Waals surface area contributed by atoms with Crippen LogP contribution in [0.2, 0.25) is 0 Å². The quantitative estimate of drug-likeness (QED) is 0.613. The lowest BCUT2D eigenvalue weighted by atomic mass is 10.2. The summed E-state index contributed by atoms with van der Waals surface area (Å²) in [6, 6.07) is 5.61. The van der Waals surface area contributed by atoms with Crippen LogP contribution in [0.5, 0.6) is 0 Å². The van der Waals surface area contributed by atoms with E-state index >= 15 is 0 Å². The maximum Gasteiger partial charge on any atom is 0.0735 e. The molecule has 74 valence electrons. The van der Waals surface area contributed by atoms with E-state index < -0.39 is 0 Å². The topological polar surface area (TPSA) is 74.8 Å². The van der Waals surface area contributed by atoms with Crippen LogP contribution < -0.4 is 11.1 Å². The molecule has 1 aromatic rings. The number of pyridine rings is 1. The van der Waals surface area contributed by atoms with Gasteiger partial charge in [-0.05, 0) is 12.1 Å². The Morgan fingerprint density at radius 2 is 2.43 bits per heavy atom. The smallest absolute Gasteiger partial charge is 0.0735 e. The van der Waals surface area contributed by atoms with Crippen LogP contribution in [0.1, 0.15) is 11.4 Å². The van der Waals surface area contributed by atoms with Crippen molar-refractivity contribution in [3.8, 4) is 0 Å². The fourth-order valence-corrected chi connectivity index (χ4v) is 1.10. The minimum atomic E-state index is 0.415. The largest absolute Gasteiger partial charge is 0.393 e. The zero-order valence-corrected chi connectivity index (χ0v) is 8.12. The SMILES string of the molecule is CN/C=C(\C=N)c1cccc(CN)n1. The van der Waals surface area contributed by atoms with Gasteiger partial charge in [-0.1, -0.05) is 6.07 Å². The molecule has 1 heterocycles. The van der Waals surface area contributed by atoms with Gasteiger partial charge in [0.05, 0.1) is 11.4 Å². The molecule has 4 N–H and O–H groups in total. The van der Waals surface area contributed by atoms with Gasteiger partial charge in [0.15, 0.2) is 0 Å². The van der Waals surface area contributed by atoms with Gasteiger partial charge in [-0.15, -0.1) is 0 Å². The first kappa shape index (κ1) is 10.4. The molecule has 0 saturated carbocycles. The normalized spacial score (nSPS) is 11.1. The zero-order chi connectivity index (χ0) is 10.4. The number of nitrogens with one attached hydrogen (secondary N) is 2. The van der Waals surface area contributed by atoms with Crippen LogP contribution in [0.15, 0.2) is 24.4 Å². The molecule has 0 fully saturated rings. The van der Waals surface area contributed by atoms with Crippen molar-refractivity contribution >= 4 is 11.8 Å². The minimum Gasteiger partial charge on any atom is -0.393 e. The summed E-state index contributed by atoms with van der Waals surface area (Å²) in [5.41, 5.74) is 7.81. The third-order valence-electron chi connectivity index (χ3n) is 1.77. The van der Waals surface area contributed by atoms with Crippen molar-refractivity contribution in [1.82, 2.24) is 10.3 Å². The van der Waals surface area contributed by atoms with Gasteiger partial charge in [0, 0.05) is 31.6 Å². The van der Waals surface area contributed by atoms with Crippen LogP contribution in [-0.2, 0) is 6.54 Å². The van der Waals surface area contributed by atoms with Crippen molar-refractivity contribution in [2.45, 2.75) is 6.54 Å². The molecule has 0 radical (unpaired) electrons. The highest BCUT2D eigenvalue weighted by atomic mass is 14.8. The molecule has 14 heavy (non-hydrogen) atoms. The first-order chi connectivity index (χ1) is 6.81. The molecule has 0 aliphatic rings. The summed E-state index contributed by atoms with van der Waals surface area (Å²) in [4.78, 5) is 4.30. The van der Waals surface area contributed by atoms with Gasteiger partial charge in [-0.2, -0.15) is 0 Å². The molecule has 1 aromatic heterocycles. The van der Waals surface area contributed by atoms with Crippen molar-refractivity contribution < 1.29 is 0 Å².